The quantitative estimate of drug-likeness (QED) is 0.549. The van der Waals surface area contributed by atoms with Gasteiger partial charge in [-0.3, -0.25) is 4.57 Å². The van der Waals surface area contributed by atoms with Gasteiger partial charge in [-0.15, -0.1) is 0 Å². The summed E-state index contributed by atoms with van der Waals surface area (Å²) in [5.74, 6) is 1.91. The van der Waals surface area contributed by atoms with Gasteiger partial charge in [0.2, 0.25) is 0 Å². The highest BCUT2D eigenvalue weighted by atomic mass is 35.5. The summed E-state index contributed by atoms with van der Waals surface area (Å²) in [6.45, 7) is 6.07. The van der Waals surface area contributed by atoms with E-state index in [9.17, 15) is 0 Å². The van der Waals surface area contributed by atoms with Gasteiger partial charge in [-0.2, -0.15) is 9.61 Å². The third-order valence-corrected chi connectivity index (χ3v) is 4.63. The maximum atomic E-state index is 6.43. The summed E-state index contributed by atoms with van der Waals surface area (Å²) < 4.78 is 3.94. The van der Waals surface area contributed by atoms with E-state index in [0.717, 1.165) is 46.2 Å². The van der Waals surface area contributed by atoms with Crippen molar-refractivity contribution in [2.75, 3.05) is 0 Å². The summed E-state index contributed by atoms with van der Waals surface area (Å²) in [5, 5.41) is 5.45. The SMILES string of the molecule is CCc1nccn1-c1cc(C)nc2c(-c3ccccc3Cl)c(C)nn12. The second-order valence-electron chi connectivity index (χ2n) is 6.00. The third-order valence-electron chi connectivity index (χ3n) is 4.30. The molecule has 0 spiro atoms. The van der Waals surface area contributed by atoms with Gasteiger partial charge in [0, 0.05) is 41.2 Å². The molecule has 0 aliphatic heterocycles. The van der Waals surface area contributed by atoms with Crippen LogP contribution in [-0.2, 0) is 6.42 Å². The van der Waals surface area contributed by atoms with E-state index in [1.165, 1.54) is 0 Å². The van der Waals surface area contributed by atoms with Crippen LogP contribution in [0.15, 0.2) is 42.7 Å². The molecule has 0 aliphatic carbocycles. The Morgan fingerprint density at radius 2 is 1.96 bits per heavy atom. The summed E-state index contributed by atoms with van der Waals surface area (Å²) in [5.41, 5.74) is 4.53. The van der Waals surface area contributed by atoms with Crippen LogP contribution in [0.1, 0.15) is 24.1 Å². The zero-order chi connectivity index (χ0) is 17.6. The van der Waals surface area contributed by atoms with Gasteiger partial charge in [0.25, 0.3) is 0 Å². The normalized spacial score (nSPS) is 11.4. The molecule has 4 rings (SSSR count). The highest BCUT2D eigenvalue weighted by Crippen LogP contribution is 2.33. The maximum Gasteiger partial charge on any atom is 0.165 e. The standard InChI is InChI=1S/C19H18ClN5/c1-4-16-21-9-10-24(16)17-11-12(2)22-19-18(13(3)23-25(17)19)14-7-5-6-8-15(14)20/h5-11H,4H2,1-3H3. The largest absolute Gasteiger partial charge is 0.288 e. The van der Waals surface area contributed by atoms with Gasteiger partial charge in [-0.05, 0) is 19.9 Å². The number of aromatic nitrogens is 5. The van der Waals surface area contributed by atoms with Crippen molar-refractivity contribution in [3.8, 4) is 16.9 Å². The minimum Gasteiger partial charge on any atom is -0.288 e. The van der Waals surface area contributed by atoms with Crippen molar-refractivity contribution in [3.63, 3.8) is 0 Å². The van der Waals surface area contributed by atoms with E-state index in [1.807, 2.05) is 61.1 Å². The monoisotopic (exact) mass is 351 g/mol. The fourth-order valence-electron chi connectivity index (χ4n) is 3.18. The number of hydrogen-bond acceptors (Lipinski definition) is 3. The van der Waals surface area contributed by atoms with Crippen LogP contribution in [-0.4, -0.2) is 24.1 Å². The van der Waals surface area contributed by atoms with Gasteiger partial charge in [0.15, 0.2) is 5.65 Å². The maximum absolute atomic E-state index is 6.43. The van der Waals surface area contributed by atoms with Crippen LogP contribution in [0.5, 0.6) is 0 Å². The van der Waals surface area contributed by atoms with Gasteiger partial charge in [0.05, 0.1) is 11.3 Å². The van der Waals surface area contributed by atoms with E-state index in [0.29, 0.717) is 5.02 Å². The van der Waals surface area contributed by atoms with Crippen LogP contribution >= 0.6 is 11.6 Å². The van der Waals surface area contributed by atoms with Gasteiger partial charge in [-0.1, -0.05) is 36.7 Å². The Bertz CT molecular complexity index is 1080. The first-order valence-corrected chi connectivity index (χ1v) is 8.62. The molecule has 6 heteroatoms. The van der Waals surface area contributed by atoms with Crippen molar-refractivity contribution in [1.82, 2.24) is 24.1 Å². The number of rotatable bonds is 3. The average Bonchev–Trinajstić information content (AvgIpc) is 3.18. The molecule has 3 aromatic heterocycles. The topological polar surface area (TPSA) is 48.0 Å². The lowest BCUT2D eigenvalue weighted by Gasteiger charge is -2.10. The molecular formula is C19H18ClN5. The van der Waals surface area contributed by atoms with Crippen molar-refractivity contribution in [2.24, 2.45) is 0 Å². The van der Waals surface area contributed by atoms with Crippen molar-refractivity contribution in [2.45, 2.75) is 27.2 Å². The van der Waals surface area contributed by atoms with Crippen LogP contribution in [0.4, 0.5) is 0 Å². The smallest absolute Gasteiger partial charge is 0.165 e. The van der Waals surface area contributed by atoms with Gasteiger partial charge >= 0.3 is 0 Å². The number of fused-ring (bicyclic) bond motifs is 1. The van der Waals surface area contributed by atoms with Crippen molar-refractivity contribution in [3.05, 3.63) is 65.0 Å². The molecule has 0 aliphatic rings. The number of hydrogen-bond donors (Lipinski definition) is 0. The molecule has 5 nitrogen and oxygen atoms in total. The van der Waals surface area contributed by atoms with E-state index < -0.39 is 0 Å². The Labute approximate surface area is 150 Å². The van der Waals surface area contributed by atoms with Crippen LogP contribution < -0.4 is 0 Å². The van der Waals surface area contributed by atoms with Crippen LogP contribution in [0.25, 0.3) is 22.6 Å². The number of nitrogens with zero attached hydrogens (tertiary/aromatic N) is 5. The van der Waals surface area contributed by atoms with E-state index in [4.69, 9.17) is 21.7 Å². The Kier molecular flexibility index (Phi) is 3.81. The lowest BCUT2D eigenvalue weighted by atomic mass is 10.1. The lowest BCUT2D eigenvalue weighted by molar-refractivity contribution is 0.796. The highest BCUT2D eigenvalue weighted by molar-refractivity contribution is 6.33. The van der Waals surface area contributed by atoms with Crippen molar-refractivity contribution < 1.29 is 0 Å². The Balaban J connectivity index is 2.06. The second kappa shape index (κ2) is 6.01. The van der Waals surface area contributed by atoms with Gasteiger partial charge in [0.1, 0.15) is 11.6 Å². The molecule has 1 aromatic carbocycles. The van der Waals surface area contributed by atoms with E-state index in [2.05, 4.69) is 16.5 Å². The molecule has 0 fully saturated rings. The Morgan fingerprint density at radius 1 is 1.16 bits per heavy atom. The predicted molar refractivity (Wildman–Crippen MR) is 99.4 cm³/mol. The summed E-state index contributed by atoms with van der Waals surface area (Å²) in [7, 11) is 0. The lowest BCUT2D eigenvalue weighted by Crippen LogP contribution is -2.08. The summed E-state index contributed by atoms with van der Waals surface area (Å²) in [6, 6.07) is 9.82. The fourth-order valence-corrected chi connectivity index (χ4v) is 3.41. The molecule has 0 unspecified atom stereocenters. The van der Waals surface area contributed by atoms with Crippen molar-refractivity contribution in [1.29, 1.82) is 0 Å². The van der Waals surface area contributed by atoms with Crippen molar-refractivity contribution >= 4 is 17.2 Å². The molecule has 0 amide bonds. The summed E-state index contributed by atoms with van der Waals surface area (Å²) in [6.07, 6.45) is 4.61. The van der Waals surface area contributed by atoms with E-state index >= 15 is 0 Å². The highest BCUT2D eigenvalue weighted by Gasteiger charge is 2.19. The number of aryl methyl sites for hydroxylation is 3. The molecule has 0 saturated heterocycles. The summed E-state index contributed by atoms with van der Waals surface area (Å²) >= 11 is 6.43. The molecule has 4 aromatic rings. The van der Waals surface area contributed by atoms with E-state index in [-0.39, 0.29) is 0 Å². The second-order valence-corrected chi connectivity index (χ2v) is 6.41. The van der Waals surface area contributed by atoms with Gasteiger partial charge in [-0.25, -0.2) is 9.97 Å². The molecular weight excluding hydrogens is 334 g/mol. The molecule has 25 heavy (non-hydrogen) atoms. The fraction of sp³-hybridized carbons (Fsp3) is 0.211. The minimum atomic E-state index is 0.697. The Morgan fingerprint density at radius 3 is 2.72 bits per heavy atom. The minimum absolute atomic E-state index is 0.697. The molecule has 3 heterocycles. The van der Waals surface area contributed by atoms with Crippen LogP contribution in [0, 0.1) is 13.8 Å². The van der Waals surface area contributed by atoms with Crippen LogP contribution in [0.2, 0.25) is 5.02 Å². The zero-order valence-electron chi connectivity index (χ0n) is 14.4. The van der Waals surface area contributed by atoms with Crippen LogP contribution in [0.3, 0.4) is 0 Å². The first-order chi connectivity index (χ1) is 12.1. The first kappa shape index (κ1) is 15.8. The van der Waals surface area contributed by atoms with E-state index in [1.54, 1.807) is 0 Å². The molecule has 0 radical (unpaired) electrons. The average molecular weight is 352 g/mol. The zero-order valence-corrected chi connectivity index (χ0v) is 15.1. The Hall–Kier alpha value is -2.66. The number of benzene rings is 1. The molecule has 126 valence electrons. The first-order valence-electron chi connectivity index (χ1n) is 8.24. The molecule has 0 saturated carbocycles. The number of halogens is 1. The predicted octanol–water partition coefficient (Wildman–Crippen LogP) is 4.41. The van der Waals surface area contributed by atoms with Gasteiger partial charge < -0.3 is 0 Å². The molecule has 0 atom stereocenters. The summed E-state index contributed by atoms with van der Waals surface area (Å²) in [4.78, 5) is 9.18. The molecule has 0 N–H and O–H groups in total. The molecule has 0 bridgehead atoms. The third kappa shape index (κ3) is 2.51. The number of imidazole rings is 1.